The number of rotatable bonds is 6. The first-order valence-electron chi connectivity index (χ1n) is 11.3. The lowest BCUT2D eigenvalue weighted by Crippen LogP contribution is -2.36. The van der Waals surface area contributed by atoms with Crippen LogP contribution in [0.4, 0.5) is 5.69 Å². The predicted molar refractivity (Wildman–Crippen MR) is 124 cm³/mol. The van der Waals surface area contributed by atoms with Crippen LogP contribution in [0.15, 0.2) is 54.7 Å². The molecule has 33 heavy (non-hydrogen) atoms. The lowest BCUT2D eigenvalue weighted by Gasteiger charge is -2.28. The molecule has 0 saturated carbocycles. The summed E-state index contributed by atoms with van der Waals surface area (Å²) in [4.78, 5) is 11.5. The molecule has 0 N–H and O–H groups in total. The van der Waals surface area contributed by atoms with Gasteiger partial charge in [0.15, 0.2) is 0 Å². The molecule has 168 valence electrons. The van der Waals surface area contributed by atoms with Gasteiger partial charge in [0.1, 0.15) is 23.7 Å². The fraction of sp³-hybridized carbons (Fsp3) is 0.346. The summed E-state index contributed by atoms with van der Waals surface area (Å²) in [6.45, 7) is 4.66. The first kappa shape index (κ1) is 21.4. The second-order valence-corrected chi connectivity index (χ2v) is 8.23. The molecule has 7 heteroatoms. The molecule has 1 aromatic heterocycles. The molecular weight excluding hydrogens is 416 g/mol. The van der Waals surface area contributed by atoms with Crippen LogP contribution in [0.2, 0.25) is 0 Å². The van der Waals surface area contributed by atoms with Crippen LogP contribution in [0.5, 0.6) is 5.75 Å². The van der Waals surface area contributed by atoms with Crippen molar-refractivity contribution in [2.45, 2.75) is 18.9 Å². The normalized spacial score (nSPS) is 18.2. The van der Waals surface area contributed by atoms with Gasteiger partial charge < -0.3 is 19.1 Å². The van der Waals surface area contributed by atoms with Gasteiger partial charge in [-0.05, 0) is 42.0 Å². The summed E-state index contributed by atoms with van der Waals surface area (Å²) in [5, 5.41) is 9.63. The first-order chi connectivity index (χ1) is 16.3. The average molecular weight is 443 g/mol. The van der Waals surface area contributed by atoms with E-state index >= 15 is 0 Å². The molecular formula is C26H26N4O3. The van der Waals surface area contributed by atoms with Gasteiger partial charge in [0, 0.05) is 43.4 Å². The topological polar surface area (TPSA) is 80.5 Å². The van der Waals surface area contributed by atoms with E-state index in [0.29, 0.717) is 30.9 Å². The van der Waals surface area contributed by atoms with E-state index in [9.17, 15) is 5.26 Å². The van der Waals surface area contributed by atoms with Gasteiger partial charge in [-0.2, -0.15) is 5.26 Å². The van der Waals surface area contributed by atoms with Crippen LogP contribution in [0.25, 0.3) is 11.3 Å². The minimum absolute atomic E-state index is 0.00300. The highest BCUT2D eigenvalue weighted by Crippen LogP contribution is 2.27. The molecule has 2 saturated heterocycles. The van der Waals surface area contributed by atoms with Crippen molar-refractivity contribution in [1.29, 1.82) is 5.26 Å². The molecule has 0 radical (unpaired) electrons. The number of anilines is 1. The van der Waals surface area contributed by atoms with Crippen molar-refractivity contribution in [2.24, 2.45) is 0 Å². The number of morpholine rings is 1. The number of ether oxygens (including phenoxy) is 3. The molecule has 5 rings (SSSR count). The van der Waals surface area contributed by atoms with Crippen molar-refractivity contribution in [3.63, 3.8) is 0 Å². The Bertz CT molecular complexity index is 1130. The zero-order chi connectivity index (χ0) is 22.5. The molecule has 0 spiro atoms. The van der Waals surface area contributed by atoms with Gasteiger partial charge >= 0.3 is 0 Å². The van der Waals surface area contributed by atoms with Gasteiger partial charge in [-0.1, -0.05) is 12.1 Å². The summed E-state index contributed by atoms with van der Waals surface area (Å²) in [6, 6.07) is 18.3. The smallest absolute Gasteiger partial charge is 0.137 e. The molecule has 1 atom stereocenters. The summed E-state index contributed by atoms with van der Waals surface area (Å²) in [5.41, 5.74) is 4.53. The van der Waals surface area contributed by atoms with E-state index in [-0.39, 0.29) is 6.10 Å². The zero-order valence-corrected chi connectivity index (χ0v) is 18.4. The molecule has 2 aromatic carbocycles. The molecule has 3 heterocycles. The Morgan fingerprint density at radius 1 is 1.03 bits per heavy atom. The molecule has 7 nitrogen and oxygen atoms in total. The maximum atomic E-state index is 9.63. The van der Waals surface area contributed by atoms with E-state index < -0.39 is 0 Å². The number of benzene rings is 2. The highest BCUT2D eigenvalue weighted by Gasteiger charge is 2.19. The summed E-state index contributed by atoms with van der Waals surface area (Å²) in [6.07, 6.45) is 3.26. The maximum Gasteiger partial charge on any atom is 0.137 e. The lowest BCUT2D eigenvalue weighted by atomic mass is 10.1. The Labute approximate surface area is 193 Å². The van der Waals surface area contributed by atoms with Crippen LogP contribution in [0.3, 0.4) is 0 Å². The monoisotopic (exact) mass is 442 g/mol. The van der Waals surface area contributed by atoms with Gasteiger partial charge in [-0.15, -0.1) is 0 Å². The molecule has 1 unspecified atom stereocenters. The highest BCUT2D eigenvalue weighted by molar-refractivity contribution is 5.64. The largest absolute Gasteiger partial charge is 0.487 e. The van der Waals surface area contributed by atoms with E-state index in [1.807, 2.05) is 24.3 Å². The third kappa shape index (κ3) is 5.14. The second kappa shape index (κ2) is 9.99. The number of nitriles is 1. The number of nitrogens with zero attached hydrogens (tertiary/aromatic N) is 4. The standard InChI is InChI=1S/C26H26N4O3/c27-17-21-16-20(3-6-25(21)33-23-8-12-32-18-23)24-7-9-28-26(29-24)15-19-1-4-22(5-2-19)30-10-13-31-14-11-30/h1-7,9,16,23H,8,10-15,18H2. The van der Waals surface area contributed by atoms with E-state index in [1.54, 1.807) is 6.20 Å². The molecule has 0 amide bonds. The van der Waals surface area contributed by atoms with E-state index in [1.165, 1.54) is 5.69 Å². The number of hydrogen-bond donors (Lipinski definition) is 0. The summed E-state index contributed by atoms with van der Waals surface area (Å²) in [5.74, 6) is 1.33. The van der Waals surface area contributed by atoms with Crippen molar-refractivity contribution < 1.29 is 14.2 Å². The van der Waals surface area contributed by atoms with Crippen molar-refractivity contribution in [3.05, 3.63) is 71.7 Å². The van der Waals surface area contributed by atoms with Gasteiger partial charge in [-0.3, -0.25) is 0 Å². The minimum atomic E-state index is 0.00300. The SMILES string of the molecule is N#Cc1cc(-c2ccnc(Cc3ccc(N4CCOCC4)cc3)n2)ccc1OC1CCOC1. The molecule has 2 aliphatic rings. The third-order valence-corrected chi connectivity index (χ3v) is 5.96. The average Bonchev–Trinajstić information content (AvgIpc) is 3.39. The van der Waals surface area contributed by atoms with Crippen LogP contribution in [0.1, 0.15) is 23.4 Å². The van der Waals surface area contributed by atoms with E-state index in [2.05, 4.69) is 40.2 Å². The third-order valence-electron chi connectivity index (χ3n) is 5.96. The Morgan fingerprint density at radius 2 is 1.88 bits per heavy atom. The Balaban J connectivity index is 1.30. The maximum absolute atomic E-state index is 9.63. The molecule has 2 fully saturated rings. The molecule has 3 aromatic rings. The predicted octanol–water partition coefficient (Wildman–Crippen LogP) is 3.61. The fourth-order valence-corrected chi connectivity index (χ4v) is 4.14. The summed E-state index contributed by atoms with van der Waals surface area (Å²) in [7, 11) is 0. The van der Waals surface area contributed by atoms with Gasteiger partial charge in [0.2, 0.25) is 0 Å². The molecule has 2 aliphatic heterocycles. The Hall–Kier alpha value is -3.47. The quantitative estimate of drug-likeness (QED) is 0.577. The summed E-state index contributed by atoms with van der Waals surface area (Å²) < 4.78 is 16.8. The van der Waals surface area contributed by atoms with Gasteiger partial charge in [-0.25, -0.2) is 9.97 Å². The van der Waals surface area contributed by atoms with Crippen molar-refractivity contribution in [3.8, 4) is 23.1 Å². The van der Waals surface area contributed by atoms with Crippen LogP contribution in [-0.2, 0) is 15.9 Å². The number of hydrogen-bond acceptors (Lipinski definition) is 7. The minimum Gasteiger partial charge on any atom is -0.487 e. The Kier molecular flexibility index (Phi) is 6.47. The fourth-order valence-electron chi connectivity index (χ4n) is 4.14. The zero-order valence-electron chi connectivity index (χ0n) is 18.4. The van der Waals surface area contributed by atoms with Crippen LogP contribution >= 0.6 is 0 Å². The van der Waals surface area contributed by atoms with Crippen molar-refractivity contribution >= 4 is 5.69 Å². The van der Waals surface area contributed by atoms with Crippen molar-refractivity contribution in [2.75, 3.05) is 44.4 Å². The van der Waals surface area contributed by atoms with Crippen LogP contribution < -0.4 is 9.64 Å². The van der Waals surface area contributed by atoms with E-state index in [4.69, 9.17) is 19.2 Å². The van der Waals surface area contributed by atoms with Crippen LogP contribution in [0, 0.1) is 11.3 Å². The Morgan fingerprint density at radius 3 is 2.64 bits per heavy atom. The van der Waals surface area contributed by atoms with Gasteiger partial charge in [0.05, 0.1) is 37.7 Å². The van der Waals surface area contributed by atoms with Crippen molar-refractivity contribution in [1.82, 2.24) is 9.97 Å². The second-order valence-electron chi connectivity index (χ2n) is 8.23. The van der Waals surface area contributed by atoms with Crippen LogP contribution in [-0.4, -0.2) is 55.6 Å². The van der Waals surface area contributed by atoms with Gasteiger partial charge in [0.25, 0.3) is 0 Å². The lowest BCUT2D eigenvalue weighted by molar-refractivity contribution is 0.122. The number of aromatic nitrogens is 2. The molecule has 0 bridgehead atoms. The summed E-state index contributed by atoms with van der Waals surface area (Å²) >= 11 is 0. The highest BCUT2D eigenvalue weighted by atomic mass is 16.5. The first-order valence-corrected chi connectivity index (χ1v) is 11.3. The van der Waals surface area contributed by atoms with E-state index in [0.717, 1.165) is 55.4 Å². The molecule has 0 aliphatic carbocycles.